The van der Waals surface area contributed by atoms with Crippen LogP contribution in [-0.2, 0) is 15.0 Å². The quantitative estimate of drug-likeness (QED) is 0.784. The summed E-state index contributed by atoms with van der Waals surface area (Å²) < 4.78 is 27.9. The minimum atomic E-state index is -3.74. The summed E-state index contributed by atoms with van der Waals surface area (Å²) in [5, 5.41) is 18.1. The van der Waals surface area contributed by atoms with E-state index in [-0.39, 0.29) is 13.1 Å². The molecule has 0 saturated carbocycles. The number of carboxylic acids is 1. The number of nitrogens with zero attached hydrogens (tertiary/aromatic N) is 3. The van der Waals surface area contributed by atoms with Crippen LogP contribution in [0.4, 0.5) is 0 Å². The summed E-state index contributed by atoms with van der Waals surface area (Å²) in [6.07, 6.45) is 1.02. The van der Waals surface area contributed by atoms with Crippen LogP contribution in [-0.4, -0.2) is 53.8 Å². The Labute approximate surface area is 126 Å². The molecule has 0 aliphatic carbocycles. The van der Waals surface area contributed by atoms with Gasteiger partial charge in [0.15, 0.2) is 0 Å². The summed E-state index contributed by atoms with van der Waals surface area (Å²) in [7, 11) is -3.74. The summed E-state index contributed by atoms with van der Waals surface area (Å²) in [5.41, 5.74) is 0. The molecule has 0 radical (unpaired) electrons. The molecule has 0 bridgehead atoms. The molecule has 0 aromatic rings. The van der Waals surface area contributed by atoms with Gasteiger partial charge in [0, 0.05) is 25.7 Å². The Morgan fingerprint density at radius 2 is 2.19 bits per heavy atom. The molecule has 0 spiro atoms. The van der Waals surface area contributed by atoms with Crippen LogP contribution in [0.15, 0.2) is 0 Å². The molecule has 1 saturated heterocycles. The third-order valence-corrected chi connectivity index (χ3v) is 6.09. The first-order valence-electron chi connectivity index (χ1n) is 7.15. The Kier molecular flexibility index (Phi) is 6.13. The summed E-state index contributed by atoms with van der Waals surface area (Å²) in [5.74, 6) is -2.05. The molecule has 3 atom stereocenters. The van der Waals surface area contributed by atoms with Gasteiger partial charge in [0.25, 0.3) is 10.2 Å². The fourth-order valence-corrected chi connectivity index (χ4v) is 4.61. The largest absolute Gasteiger partial charge is 0.481 e. The number of carbonyl (C=O) groups is 1. The van der Waals surface area contributed by atoms with Crippen LogP contribution in [0.25, 0.3) is 0 Å². The van der Waals surface area contributed by atoms with Gasteiger partial charge >= 0.3 is 5.97 Å². The minimum absolute atomic E-state index is 0.121. The van der Waals surface area contributed by atoms with Crippen LogP contribution in [0.3, 0.4) is 0 Å². The van der Waals surface area contributed by atoms with Gasteiger partial charge in [-0.1, -0.05) is 6.92 Å². The lowest BCUT2D eigenvalue weighted by Gasteiger charge is -2.39. The van der Waals surface area contributed by atoms with E-state index in [4.69, 9.17) is 5.26 Å². The molecule has 8 heteroatoms. The molecule has 21 heavy (non-hydrogen) atoms. The van der Waals surface area contributed by atoms with E-state index in [1.165, 1.54) is 8.61 Å². The van der Waals surface area contributed by atoms with Gasteiger partial charge in [-0.25, -0.2) is 0 Å². The second-order valence-electron chi connectivity index (χ2n) is 5.43. The number of piperidine rings is 1. The van der Waals surface area contributed by atoms with Crippen LogP contribution in [0.5, 0.6) is 0 Å². The summed E-state index contributed by atoms with van der Waals surface area (Å²) in [6.45, 7) is 5.72. The molecular formula is C13H23N3O4S. The molecular weight excluding hydrogens is 294 g/mol. The maximum Gasteiger partial charge on any atom is 0.308 e. The summed E-state index contributed by atoms with van der Waals surface area (Å²) in [4.78, 5) is 11.2. The molecule has 0 aromatic carbocycles. The van der Waals surface area contributed by atoms with Gasteiger partial charge < -0.3 is 5.11 Å². The Balaban J connectivity index is 2.99. The number of aliphatic carboxylic acids is 1. The van der Waals surface area contributed by atoms with Crippen molar-refractivity contribution in [2.75, 3.05) is 19.6 Å². The second kappa shape index (κ2) is 7.20. The third kappa shape index (κ3) is 3.93. The van der Waals surface area contributed by atoms with E-state index in [1.54, 1.807) is 20.8 Å². The first-order chi connectivity index (χ1) is 9.75. The van der Waals surface area contributed by atoms with E-state index in [2.05, 4.69) is 0 Å². The van der Waals surface area contributed by atoms with Crippen LogP contribution >= 0.6 is 0 Å². The number of hydrogen-bond acceptors (Lipinski definition) is 4. The second-order valence-corrected chi connectivity index (χ2v) is 7.31. The van der Waals surface area contributed by atoms with Crippen molar-refractivity contribution in [1.29, 1.82) is 5.26 Å². The van der Waals surface area contributed by atoms with Crippen molar-refractivity contribution in [3.05, 3.63) is 0 Å². The van der Waals surface area contributed by atoms with Crippen LogP contribution < -0.4 is 0 Å². The Morgan fingerprint density at radius 3 is 2.67 bits per heavy atom. The van der Waals surface area contributed by atoms with Crippen LogP contribution in [0.2, 0.25) is 0 Å². The highest BCUT2D eigenvalue weighted by Crippen LogP contribution is 2.27. The van der Waals surface area contributed by atoms with Gasteiger partial charge in [-0.15, -0.1) is 0 Å². The number of nitriles is 1. The van der Waals surface area contributed by atoms with Crippen molar-refractivity contribution in [1.82, 2.24) is 8.61 Å². The summed E-state index contributed by atoms with van der Waals surface area (Å²) >= 11 is 0. The van der Waals surface area contributed by atoms with Crippen LogP contribution in [0, 0.1) is 23.2 Å². The van der Waals surface area contributed by atoms with Crippen molar-refractivity contribution in [3.63, 3.8) is 0 Å². The lowest BCUT2D eigenvalue weighted by atomic mass is 9.92. The van der Waals surface area contributed by atoms with Gasteiger partial charge in [0.05, 0.1) is 17.9 Å². The zero-order chi connectivity index (χ0) is 16.2. The first-order valence-corrected chi connectivity index (χ1v) is 8.54. The first kappa shape index (κ1) is 17.9. The van der Waals surface area contributed by atoms with Crippen LogP contribution in [0.1, 0.15) is 33.6 Å². The fraction of sp³-hybridized carbons (Fsp3) is 0.846. The third-order valence-electron chi connectivity index (χ3n) is 3.92. The van der Waals surface area contributed by atoms with Gasteiger partial charge in [-0.2, -0.15) is 22.3 Å². The van der Waals surface area contributed by atoms with E-state index < -0.39 is 34.1 Å². The average molecular weight is 317 g/mol. The summed E-state index contributed by atoms with van der Waals surface area (Å²) in [6, 6.07) is 1.45. The zero-order valence-electron chi connectivity index (χ0n) is 12.7. The molecule has 1 rings (SSSR count). The molecule has 1 fully saturated rings. The van der Waals surface area contributed by atoms with E-state index in [0.29, 0.717) is 19.4 Å². The lowest BCUT2D eigenvalue weighted by Crippen LogP contribution is -2.54. The average Bonchev–Trinajstić information content (AvgIpc) is 2.43. The number of rotatable bonds is 6. The Bertz CT molecular complexity index is 514. The predicted octanol–water partition coefficient (Wildman–Crippen LogP) is 0.898. The van der Waals surface area contributed by atoms with Gasteiger partial charge in [0.2, 0.25) is 0 Å². The Morgan fingerprint density at radius 1 is 1.57 bits per heavy atom. The lowest BCUT2D eigenvalue weighted by molar-refractivity contribution is -0.144. The number of carboxylic acid groups (broad SMARTS) is 1. The van der Waals surface area contributed by atoms with E-state index >= 15 is 0 Å². The minimum Gasteiger partial charge on any atom is -0.481 e. The maximum atomic E-state index is 12.7. The van der Waals surface area contributed by atoms with Crippen molar-refractivity contribution in [2.45, 2.75) is 39.7 Å². The zero-order valence-corrected chi connectivity index (χ0v) is 13.5. The van der Waals surface area contributed by atoms with Crippen molar-refractivity contribution < 1.29 is 18.3 Å². The molecule has 0 amide bonds. The highest BCUT2D eigenvalue weighted by Gasteiger charge is 2.41. The predicted molar refractivity (Wildman–Crippen MR) is 77.5 cm³/mol. The molecule has 1 heterocycles. The van der Waals surface area contributed by atoms with Gasteiger partial charge in [-0.3, -0.25) is 4.79 Å². The van der Waals surface area contributed by atoms with E-state index in [0.717, 1.165) is 0 Å². The normalized spacial score (nSPS) is 25.5. The van der Waals surface area contributed by atoms with E-state index in [1.807, 2.05) is 6.07 Å². The molecule has 1 aliphatic rings. The highest BCUT2D eigenvalue weighted by atomic mass is 32.2. The monoisotopic (exact) mass is 317 g/mol. The Hall–Kier alpha value is -1.17. The molecule has 120 valence electrons. The van der Waals surface area contributed by atoms with Crippen molar-refractivity contribution in [3.8, 4) is 6.07 Å². The number of hydrogen-bond donors (Lipinski definition) is 1. The smallest absolute Gasteiger partial charge is 0.308 e. The van der Waals surface area contributed by atoms with Gasteiger partial charge in [0.1, 0.15) is 0 Å². The van der Waals surface area contributed by atoms with E-state index in [9.17, 15) is 18.3 Å². The standard InChI is InChI=1S/C13H23N3O4S/c1-4-15(9-10(2)8-14)21(19,20)16-7-5-6-12(11(16)3)13(17)18/h10-12H,4-7,9H2,1-3H3,(H,17,18)/t10?,11-,12-/m0/s1. The molecule has 1 N–H and O–H groups in total. The van der Waals surface area contributed by atoms with Crippen molar-refractivity contribution >= 4 is 16.2 Å². The fourth-order valence-electron chi connectivity index (χ4n) is 2.65. The molecule has 0 aromatic heterocycles. The maximum absolute atomic E-state index is 12.7. The molecule has 7 nitrogen and oxygen atoms in total. The van der Waals surface area contributed by atoms with Gasteiger partial charge in [-0.05, 0) is 26.7 Å². The SMILES string of the molecule is CCN(CC(C)C#N)S(=O)(=O)N1CCC[C@H](C(=O)O)[C@@H]1C. The molecule has 1 aliphatic heterocycles. The topological polar surface area (TPSA) is 102 Å². The van der Waals surface area contributed by atoms with Crippen molar-refractivity contribution in [2.24, 2.45) is 11.8 Å². The highest BCUT2D eigenvalue weighted by molar-refractivity contribution is 7.86. The molecule has 1 unspecified atom stereocenters.